The second-order valence-electron chi connectivity index (χ2n) is 4.13. The minimum Gasteiger partial charge on any atom is -0.493 e. The van der Waals surface area contributed by atoms with E-state index in [0.29, 0.717) is 29.8 Å². The monoisotopic (exact) mass is 307 g/mol. The molecule has 0 aromatic heterocycles. The molecule has 6 heteroatoms. The van der Waals surface area contributed by atoms with Crippen LogP contribution in [0.3, 0.4) is 0 Å². The Kier molecular flexibility index (Phi) is 7.89. The Morgan fingerprint density at radius 1 is 1.43 bits per heavy atom. The molecule has 21 heavy (non-hydrogen) atoms. The molecule has 2 N–H and O–H groups in total. The van der Waals surface area contributed by atoms with E-state index in [2.05, 4.69) is 29.3 Å². The van der Waals surface area contributed by atoms with E-state index in [1.54, 1.807) is 19.4 Å². The Balaban J connectivity index is 2.65. The summed E-state index contributed by atoms with van der Waals surface area (Å²) in [5.74, 6) is 1.41. The van der Waals surface area contributed by atoms with Crippen molar-refractivity contribution >= 4 is 23.5 Å². The first kappa shape index (κ1) is 17.0. The highest BCUT2D eigenvalue weighted by molar-refractivity contribution is 7.80. The predicted molar refractivity (Wildman–Crippen MR) is 90.3 cm³/mol. The van der Waals surface area contributed by atoms with Gasteiger partial charge in [0.25, 0.3) is 0 Å². The molecular formula is C15H21N3O2S. The van der Waals surface area contributed by atoms with Crippen molar-refractivity contribution in [3.05, 3.63) is 36.4 Å². The van der Waals surface area contributed by atoms with Gasteiger partial charge in [0.15, 0.2) is 16.6 Å². The molecule has 0 spiro atoms. The third kappa shape index (κ3) is 6.27. The average molecular weight is 307 g/mol. The molecule has 0 aliphatic carbocycles. The van der Waals surface area contributed by atoms with Crippen LogP contribution < -0.4 is 20.2 Å². The fraction of sp³-hybridized carbons (Fsp3) is 0.333. The first-order valence-corrected chi connectivity index (χ1v) is 7.10. The highest BCUT2D eigenvalue weighted by atomic mass is 32.1. The summed E-state index contributed by atoms with van der Waals surface area (Å²) in [5, 5.41) is 7.43. The highest BCUT2D eigenvalue weighted by Gasteiger charge is 2.04. The second-order valence-corrected chi connectivity index (χ2v) is 4.54. The van der Waals surface area contributed by atoms with E-state index in [-0.39, 0.29) is 0 Å². The lowest BCUT2D eigenvalue weighted by Crippen LogP contribution is -2.31. The summed E-state index contributed by atoms with van der Waals surface area (Å²) in [6.07, 6.45) is 4.32. The number of benzene rings is 1. The highest BCUT2D eigenvalue weighted by Crippen LogP contribution is 2.27. The van der Waals surface area contributed by atoms with Gasteiger partial charge in [-0.15, -0.1) is 6.58 Å². The first-order chi connectivity index (χ1) is 10.2. The lowest BCUT2D eigenvalue weighted by molar-refractivity contribution is 0.294. The van der Waals surface area contributed by atoms with Crippen LogP contribution in [-0.4, -0.2) is 31.6 Å². The van der Waals surface area contributed by atoms with Crippen LogP contribution in [0.1, 0.15) is 18.9 Å². The maximum atomic E-state index is 5.64. The van der Waals surface area contributed by atoms with Gasteiger partial charge in [-0.1, -0.05) is 13.0 Å². The zero-order chi connectivity index (χ0) is 15.5. The molecule has 1 aromatic carbocycles. The van der Waals surface area contributed by atoms with Crippen molar-refractivity contribution in [1.29, 1.82) is 0 Å². The number of rotatable bonds is 8. The summed E-state index contributed by atoms with van der Waals surface area (Å²) in [5.41, 5.74) is 3.62. The van der Waals surface area contributed by atoms with Gasteiger partial charge in [0, 0.05) is 6.54 Å². The maximum absolute atomic E-state index is 5.64. The first-order valence-electron chi connectivity index (χ1n) is 6.69. The van der Waals surface area contributed by atoms with Crippen molar-refractivity contribution in [3.8, 4) is 11.5 Å². The fourth-order valence-corrected chi connectivity index (χ4v) is 1.60. The third-order valence-electron chi connectivity index (χ3n) is 2.44. The molecule has 0 heterocycles. The smallest absolute Gasteiger partial charge is 0.187 e. The number of hydrogen-bond donors (Lipinski definition) is 2. The van der Waals surface area contributed by atoms with Gasteiger partial charge in [0.1, 0.15) is 0 Å². The molecule has 114 valence electrons. The van der Waals surface area contributed by atoms with Gasteiger partial charge in [-0.05, 0) is 42.4 Å². The van der Waals surface area contributed by atoms with Crippen LogP contribution in [0.15, 0.2) is 36.0 Å². The Hall–Kier alpha value is -2.08. The van der Waals surface area contributed by atoms with Crippen LogP contribution in [0.2, 0.25) is 0 Å². The van der Waals surface area contributed by atoms with E-state index in [1.165, 1.54) is 0 Å². The number of nitrogens with zero attached hydrogens (tertiary/aromatic N) is 1. The molecule has 0 aliphatic heterocycles. The summed E-state index contributed by atoms with van der Waals surface area (Å²) < 4.78 is 10.9. The average Bonchev–Trinajstić information content (AvgIpc) is 2.51. The van der Waals surface area contributed by atoms with E-state index < -0.39 is 0 Å². The van der Waals surface area contributed by atoms with Crippen LogP contribution >= 0.6 is 12.2 Å². The van der Waals surface area contributed by atoms with Crippen LogP contribution in [0, 0.1) is 0 Å². The number of hydrogen-bond acceptors (Lipinski definition) is 4. The number of thiocarbonyl (C=S) groups is 1. The predicted octanol–water partition coefficient (Wildman–Crippen LogP) is 2.47. The van der Waals surface area contributed by atoms with Crippen molar-refractivity contribution in [1.82, 2.24) is 10.7 Å². The maximum Gasteiger partial charge on any atom is 0.187 e. The molecule has 0 fully saturated rings. The van der Waals surface area contributed by atoms with E-state index in [1.807, 2.05) is 18.2 Å². The summed E-state index contributed by atoms with van der Waals surface area (Å²) in [6.45, 7) is 6.89. The molecule has 0 unspecified atom stereocenters. The van der Waals surface area contributed by atoms with Crippen LogP contribution in [0.5, 0.6) is 11.5 Å². The van der Waals surface area contributed by atoms with Gasteiger partial charge >= 0.3 is 0 Å². The lowest BCUT2D eigenvalue weighted by Gasteiger charge is -2.10. The van der Waals surface area contributed by atoms with Gasteiger partial charge < -0.3 is 14.8 Å². The summed E-state index contributed by atoms with van der Waals surface area (Å²) in [6, 6.07) is 5.61. The number of nitrogens with one attached hydrogen (secondary N) is 2. The van der Waals surface area contributed by atoms with E-state index >= 15 is 0 Å². The number of methoxy groups -OCH3 is 1. The minimum absolute atomic E-state index is 0.446. The van der Waals surface area contributed by atoms with Crippen LogP contribution in [0.25, 0.3) is 0 Å². The van der Waals surface area contributed by atoms with Crippen molar-refractivity contribution in [3.63, 3.8) is 0 Å². The quantitative estimate of drug-likeness (QED) is 0.334. The molecular weight excluding hydrogens is 286 g/mol. The molecule has 0 saturated heterocycles. The van der Waals surface area contributed by atoms with Gasteiger partial charge in [0.05, 0.1) is 19.9 Å². The van der Waals surface area contributed by atoms with Gasteiger partial charge in [-0.25, -0.2) is 0 Å². The van der Waals surface area contributed by atoms with Crippen molar-refractivity contribution in [2.75, 3.05) is 20.3 Å². The molecule has 1 aromatic rings. The zero-order valence-electron chi connectivity index (χ0n) is 12.4. The molecule has 1 rings (SSSR count). The Morgan fingerprint density at radius 3 is 2.90 bits per heavy atom. The zero-order valence-corrected chi connectivity index (χ0v) is 13.2. The Labute approximate surface area is 131 Å². The number of ether oxygens (including phenoxy) is 2. The summed E-state index contributed by atoms with van der Waals surface area (Å²) in [7, 11) is 1.62. The normalized spacial score (nSPS) is 10.2. The van der Waals surface area contributed by atoms with Crippen molar-refractivity contribution < 1.29 is 9.47 Å². The number of hydrazone groups is 1. The summed E-state index contributed by atoms with van der Waals surface area (Å²) in [4.78, 5) is 0. The van der Waals surface area contributed by atoms with Crippen molar-refractivity contribution in [2.24, 2.45) is 5.10 Å². The molecule has 0 amide bonds. The summed E-state index contributed by atoms with van der Waals surface area (Å²) >= 11 is 5.03. The molecule has 5 nitrogen and oxygen atoms in total. The Bertz CT molecular complexity index is 504. The molecule has 0 radical (unpaired) electrons. The van der Waals surface area contributed by atoms with Gasteiger partial charge in [-0.3, -0.25) is 5.43 Å². The van der Waals surface area contributed by atoms with Crippen LogP contribution in [0.4, 0.5) is 0 Å². The molecule has 0 atom stereocenters. The van der Waals surface area contributed by atoms with E-state index in [9.17, 15) is 0 Å². The largest absolute Gasteiger partial charge is 0.493 e. The van der Waals surface area contributed by atoms with E-state index in [4.69, 9.17) is 21.7 Å². The van der Waals surface area contributed by atoms with Gasteiger partial charge in [0.2, 0.25) is 0 Å². The second kappa shape index (κ2) is 9.77. The Morgan fingerprint density at radius 2 is 2.24 bits per heavy atom. The third-order valence-corrected chi connectivity index (χ3v) is 2.67. The van der Waals surface area contributed by atoms with Crippen LogP contribution in [-0.2, 0) is 0 Å². The lowest BCUT2D eigenvalue weighted by atomic mass is 10.2. The topological polar surface area (TPSA) is 54.9 Å². The van der Waals surface area contributed by atoms with Gasteiger partial charge in [-0.2, -0.15) is 5.10 Å². The molecule has 0 saturated carbocycles. The van der Waals surface area contributed by atoms with Crippen molar-refractivity contribution in [2.45, 2.75) is 13.3 Å². The fourth-order valence-electron chi connectivity index (χ4n) is 1.47. The minimum atomic E-state index is 0.446. The SMILES string of the molecule is C=CCNC(=S)N/N=C/c1ccc(OC)c(OCCC)c1. The van der Waals surface area contributed by atoms with E-state index in [0.717, 1.165) is 12.0 Å². The molecule has 0 aliphatic rings. The standard InChI is InChI=1S/C15H21N3O2S/c1-4-8-16-15(21)18-17-11-12-6-7-13(19-3)14(10-12)20-9-5-2/h4,6-7,10-11H,1,5,8-9H2,2-3H3,(H2,16,18,21)/b17-11+. The molecule has 0 bridgehead atoms.